The van der Waals surface area contributed by atoms with E-state index in [9.17, 15) is 4.79 Å². The molecule has 0 bridgehead atoms. The van der Waals surface area contributed by atoms with Gasteiger partial charge in [0, 0.05) is 18.9 Å². The molecule has 0 spiro atoms. The minimum absolute atomic E-state index is 0.0408. The second kappa shape index (κ2) is 6.16. The fraction of sp³-hybridized carbons (Fsp3) is 0.250. The maximum Gasteiger partial charge on any atom is 0.221 e. The molecule has 0 heterocycles. The number of anilines is 1. The highest BCUT2D eigenvalue weighted by Crippen LogP contribution is 2.22. The number of halogens is 1. The topological polar surface area (TPSA) is 49.3 Å². The Morgan fingerprint density at radius 1 is 1.56 bits per heavy atom. The van der Waals surface area contributed by atoms with Gasteiger partial charge in [0.05, 0.1) is 17.3 Å². The van der Waals surface area contributed by atoms with Crippen LogP contribution in [0.15, 0.2) is 18.2 Å². The average molecular weight is 238 g/mol. The molecule has 16 heavy (non-hydrogen) atoms. The predicted molar refractivity (Wildman–Crippen MR) is 64.3 cm³/mol. The average Bonchev–Trinajstić information content (AvgIpc) is 2.22. The third-order valence-electron chi connectivity index (χ3n) is 1.75. The maximum absolute atomic E-state index is 10.9. The number of rotatable bonds is 2. The SMILES string of the molecule is CC(=O)Nc1cc(C#CCCO)ccc1Cl. The molecule has 1 aromatic carbocycles. The highest BCUT2D eigenvalue weighted by atomic mass is 35.5. The lowest BCUT2D eigenvalue weighted by molar-refractivity contribution is -0.114. The van der Waals surface area contributed by atoms with Gasteiger partial charge in [0.2, 0.25) is 5.91 Å². The van der Waals surface area contributed by atoms with Crippen molar-refractivity contribution in [3.8, 4) is 11.8 Å². The molecule has 1 rings (SSSR count). The number of hydrogen-bond acceptors (Lipinski definition) is 2. The summed E-state index contributed by atoms with van der Waals surface area (Å²) in [5.74, 6) is 5.48. The van der Waals surface area contributed by atoms with E-state index >= 15 is 0 Å². The number of carbonyl (C=O) groups is 1. The van der Waals surface area contributed by atoms with E-state index in [0.717, 1.165) is 5.56 Å². The van der Waals surface area contributed by atoms with Gasteiger partial charge in [-0.15, -0.1) is 0 Å². The molecule has 4 heteroatoms. The van der Waals surface area contributed by atoms with Gasteiger partial charge in [-0.3, -0.25) is 4.79 Å². The summed E-state index contributed by atoms with van der Waals surface area (Å²) in [5.41, 5.74) is 1.30. The molecular formula is C12H12ClNO2. The van der Waals surface area contributed by atoms with Gasteiger partial charge in [-0.25, -0.2) is 0 Å². The molecular weight excluding hydrogens is 226 g/mol. The summed E-state index contributed by atoms with van der Waals surface area (Å²) in [6.07, 6.45) is 0.429. The molecule has 0 aromatic heterocycles. The number of benzene rings is 1. The van der Waals surface area contributed by atoms with Gasteiger partial charge < -0.3 is 10.4 Å². The zero-order chi connectivity index (χ0) is 12.0. The summed E-state index contributed by atoms with van der Waals surface area (Å²) < 4.78 is 0. The van der Waals surface area contributed by atoms with E-state index in [4.69, 9.17) is 16.7 Å². The first kappa shape index (κ1) is 12.6. The van der Waals surface area contributed by atoms with Crippen molar-refractivity contribution < 1.29 is 9.90 Å². The van der Waals surface area contributed by atoms with Crippen LogP contribution in [0.4, 0.5) is 5.69 Å². The molecule has 0 atom stereocenters. The summed E-state index contributed by atoms with van der Waals surface area (Å²) in [6.45, 7) is 1.46. The Bertz CT molecular complexity index is 446. The molecule has 0 aliphatic carbocycles. The zero-order valence-electron chi connectivity index (χ0n) is 8.88. The summed E-state index contributed by atoms with van der Waals surface area (Å²) in [7, 11) is 0. The summed E-state index contributed by atoms with van der Waals surface area (Å²) >= 11 is 5.90. The largest absolute Gasteiger partial charge is 0.395 e. The van der Waals surface area contributed by atoms with Gasteiger partial charge in [-0.05, 0) is 18.2 Å². The molecule has 3 nitrogen and oxygen atoms in total. The van der Waals surface area contributed by atoms with Crippen LogP contribution in [0.3, 0.4) is 0 Å². The molecule has 0 aliphatic heterocycles. The lowest BCUT2D eigenvalue weighted by Crippen LogP contribution is -2.06. The number of aliphatic hydroxyl groups excluding tert-OH is 1. The molecule has 0 radical (unpaired) electrons. The standard InChI is InChI=1S/C12H12ClNO2/c1-9(16)14-12-8-10(4-2-3-7-15)5-6-11(12)13/h5-6,8,15H,3,7H2,1H3,(H,14,16). The third-order valence-corrected chi connectivity index (χ3v) is 2.08. The predicted octanol–water partition coefficient (Wildman–Crippen LogP) is 2.03. The minimum Gasteiger partial charge on any atom is -0.395 e. The Kier molecular flexibility index (Phi) is 4.84. The van der Waals surface area contributed by atoms with Crippen molar-refractivity contribution in [2.75, 3.05) is 11.9 Å². The number of carbonyl (C=O) groups excluding carboxylic acids is 1. The van der Waals surface area contributed by atoms with Crippen LogP contribution in [-0.4, -0.2) is 17.6 Å². The van der Waals surface area contributed by atoms with Crippen molar-refractivity contribution in [2.24, 2.45) is 0 Å². The maximum atomic E-state index is 10.9. The molecule has 0 fully saturated rings. The highest BCUT2D eigenvalue weighted by molar-refractivity contribution is 6.33. The van der Waals surface area contributed by atoms with Crippen LogP contribution in [0.25, 0.3) is 0 Å². The Labute approximate surface area is 99.4 Å². The molecule has 0 unspecified atom stereocenters. The number of amides is 1. The second-order valence-corrected chi connectivity index (χ2v) is 3.56. The highest BCUT2D eigenvalue weighted by Gasteiger charge is 2.02. The molecule has 0 aliphatic rings. The molecule has 1 amide bonds. The Morgan fingerprint density at radius 3 is 2.94 bits per heavy atom. The first-order valence-corrected chi connectivity index (χ1v) is 5.18. The third kappa shape index (κ3) is 3.93. The van der Waals surface area contributed by atoms with E-state index in [-0.39, 0.29) is 12.5 Å². The fourth-order valence-corrected chi connectivity index (χ4v) is 1.27. The molecule has 0 saturated heterocycles. The normalized spacial score (nSPS) is 9.19. The summed E-state index contributed by atoms with van der Waals surface area (Å²) in [6, 6.07) is 5.14. The van der Waals surface area contributed by atoms with Crippen LogP contribution in [-0.2, 0) is 4.79 Å². The van der Waals surface area contributed by atoms with E-state index < -0.39 is 0 Å². The Hall–Kier alpha value is -1.50. The quantitative estimate of drug-likeness (QED) is 0.774. The van der Waals surface area contributed by atoms with Gasteiger partial charge in [0.1, 0.15) is 0 Å². The van der Waals surface area contributed by atoms with Gasteiger partial charge in [-0.2, -0.15) is 0 Å². The monoisotopic (exact) mass is 237 g/mol. The molecule has 84 valence electrons. The smallest absolute Gasteiger partial charge is 0.221 e. The van der Waals surface area contributed by atoms with Gasteiger partial charge >= 0.3 is 0 Å². The fourth-order valence-electron chi connectivity index (χ4n) is 1.11. The summed E-state index contributed by atoms with van der Waals surface area (Å²) in [5, 5.41) is 11.7. The van der Waals surface area contributed by atoms with Gasteiger partial charge in [0.25, 0.3) is 0 Å². The van der Waals surface area contributed by atoms with Crippen molar-refractivity contribution in [3.63, 3.8) is 0 Å². The minimum atomic E-state index is -0.178. The summed E-state index contributed by atoms with van der Waals surface area (Å²) in [4.78, 5) is 10.9. The molecule has 0 saturated carbocycles. The van der Waals surface area contributed by atoms with Crippen molar-refractivity contribution in [1.82, 2.24) is 0 Å². The van der Waals surface area contributed by atoms with Crippen molar-refractivity contribution in [3.05, 3.63) is 28.8 Å². The first-order valence-electron chi connectivity index (χ1n) is 4.80. The van der Waals surface area contributed by atoms with Crippen molar-refractivity contribution >= 4 is 23.2 Å². The van der Waals surface area contributed by atoms with Crippen LogP contribution in [0.1, 0.15) is 18.9 Å². The number of aliphatic hydroxyl groups is 1. The lowest BCUT2D eigenvalue weighted by atomic mass is 10.2. The van der Waals surface area contributed by atoms with E-state index in [0.29, 0.717) is 17.1 Å². The van der Waals surface area contributed by atoms with Crippen molar-refractivity contribution in [1.29, 1.82) is 0 Å². The van der Waals surface area contributed by atoms with Crippen LogP contribution in [0.5, 0.6) is 0 Å². The van der Waals surface area contributed by atoms with Crippen LogP contribution in [0, 0.1) is 11.8 Å². The van der Waals surface area contributed by atoms with E-state index in [1.54, 1.807) is 18.2 Å². The second-order valence-electron chi connectivity index (χ2n) is 3.15. The van der Waals surface area contributed by atoms with Crippen molar-refractivity contribution in [2.45, 2.75) is 13.3 Å². The van der Waals surface area contributed by atoms with Crippen LogP contribution >= 0.6 is 11.6 Å². The lowest BCUT2D eigenvalue weighted by Gasteiger charge is -2.04. The zero-order valence-corrected chi connectivity index (χ0v) is 9.64. The van der Waals surface area contributed by atoms with E-state index in [2.05, 4.69) is 17.2 Å². The molecule has 2 N–H and O–H groups in total. The Morgan fingerprint density at radius 2 is 2.31 bits per heavy atom. The first-order chi connectivity index (χ1) is 7.63. The number of hydrogen-bond donors (Lipinski definition) is 2. The van der Waals surface area contributed by atoms with Crippen LogP contribution in [0.2, 0.25) is 5.02 Å². The van der Waals surface area contributed by atoms with Gasteiger partial charge in [-0.1, -0.05) is 23.4 Å². The van der Waals surface area contributed by atoms with E-state index in [1.807, 2.05) is 0 Å². The Balaban J connectivity index is 2.90. The molecule has 1 aromatic rings. The number of nitrogens with one attached hydrogen (secondary N) is 1. The van der Waals surface area contributed by atoms with Gasteiger partial charge in [0.15, 0.2) is 0 Å². The van der Waals surface area contributed by atoms with E-state index in [1.165, 1.54) is 6.92 Å². The van der Waals surface area contributed by atoms with Crippen LogP contribution < -0.4 is 5.32 Å².